The van der Waals surface area contributed by atoms with Gasteiger partial charge < -0.3 is 9.88 Å². The van der Waals surface area contributed by atoms with Crippen LogP contribution in [0, 0.1) is 20.8 Å². The highest BCUT2D eigenvalue weighted by Crippen LogP contribution is 2.25. The first-order chi connectivity index (χ1) is 16.7. The molecule has 4 aromatic rings. The molecule has 0 radical (unpaired) electrons. The minimum atomic E-state index is -3.94. The lowest BCUT2D eigenvalue weighted by Gasteiger charge is -2.25. The largest absolute Gasteiger partial charge is 0.350 e. The van der Waals surface area contributed by atoms with Crippen molar-refractivity contribution in [3.05, 3.63) is 108 Å². The third-order valence-electron chi connectivity index (χ3n) is 5.64. The van der Waals surface area contributed by atoms with Gasteiger partial charge in [-0.15, -0.1) is 0 Å². The number of rotatable bonds is 8. The highest BCUT2D eigenvalue weighted by Gasteiger charge is 2.27. The zero-order valence-electron chi connectivity index (χ0n) is 20.0. The van der Waals surface area contributed by atoms with Crippen molar-refractivity contribution in [3.63, 3.8) is 0 Å². The first-order valence-electron chi connectivity index (χ1n) is 11.3. The number of anilines is 1. The predicted molar refractivity (Wildman–Crippen MR) is 137 cm³/mol. The first kappa shape index (κ1) is 24.2. The molecule has 1 heterocycles. The Morgan fingerprint density at radius 2 is 1.60 bits per heavy atom. The fraction of sp³-hybridized carbons (Fsp3) is 0.185. The van der Waals surface area contributed by atoms with Crippen LogP contribution in [-0.4, -0.2) is 30.4 Å². The summed E-state index contributed by atoms with van der Waals surface area (Å²) in [6.07, 6.45) is 3.63. The van der Waals surface area contributed by atoms with Gasteiger partial charge in [-0.05, 0) is 73.9 Å². The van der Waals surface area contributed by atoms with Gasteiger partial charge in [-0.1, -0.05) is 36.4 Å². The van der Waals surface area contributed by atoms with Gasteiger partial charge in [0.05, 0.1) is 10.6 Å². The molecule has 0 saturated carbocycles. The Hall–Kier alpha value is -3.91. The number of sulfonamides is 1. The van der Waals surface area contributed by atoms with Gasteiger partial charge in [0, 0.05) is 24.6 Å². The smallest absolute Gasteiger partial charge is 0.264 e. The highest BCUT2D eigenvalue weighted by molar-refractivity contribution is 7.92. The van der Waals surface area contributed by atoms with Crippen molar-refractivity contribution in [1.82, 2.24) is 14.9 Å². The van der Waals surface area contributed by atoms with Crippen LogP contribution >= 0.6 is 0 Å². The van der Waals surface area contributed by atoms with Gasteiger partial charge in [-0.25, -0.2) is 13.4 Å². The SMILES string of the molecule is Cc1cc(C)cc(N(CC(=O)NCc2ccc(-n3ccnc3C)cc2)S(=O)(=O)c2ccccc2)c1. The van der Waals surface area contributed by atoms with Gasteiger partial charge in [0.15, 0.2) is 0 Å². The van der Waals surface area contributed by atoms with Crippen LogP contribution in [0.1, 0.15) is 22.5 Å². The van der Waals surface area contributed by atoms with Crippen molar-refractivity contribution in [2.75, 3.05) is 10.8 Å². The number of carbonyl (C=O) groups excluding carboxylic acids is 1. The molecule has 0 aliphatic heterocycles. The number of aryl methyl sites for hydroxylation is 3. The zero-order chi connectivity index (χ0) is 25.0. The van der Waals surface area contributed by atoms with E-state index < -0.39 is 15.9 Å². The molecular formula is C27H28N4O3S. The van der Waals surface area contributed by atoms with Crippen LogP contribution in [0.4, 0.5) is 5.69 Å². The number of hydrogen-bond acceptors (Lipinski definition) is 4. The number of imidazole rings is 1. The first-order valence-corrected chi connectivity index (χ1v) is 12.7. The van der Waals surface area contributed by atoms with E-state index in [1.807, 2.05) is 61.9 Å². The molecule has 0 aliphatic carbocycles. The normalized spacial score (nSPS) is 11.3. The van der Waals surface area contributed by atoms with E-state index in [2.05, 4.69) is 10.3 Å². The second-order valence-corrected chi connectivity index (χ2v) is 10.3. The Kier molecular flexibility index (Phi) is 7.02. The molecule has 1 aromatic heterocycles. The molecule has 0 fully saturated rings. The fourth-order valence-electron chi connectivity index (χ4n) is 3.94. The van der Waals surface area contributed by atoms with E-state index in [1.54, 1.807) is 36.5 Å². The maximum absolute atomic E-state index is 13.5. The maximum atomic E-state index is 13.5. The molecule has 0 atom stereocenters. The third kappa shape index (κ3) is 5.60. The van der Waals surface area contributed by atoms with Gasteiger partial charge in [0.1, 0.15) is 12.4 Å². The molecule has 0 spiro atoms. The molecule has 7 nitrogen and oxygen atoms in total. The summed E-state index contributed by atoms with van der Waals surface area (Å²) in [5.41, 5.74) is 4.18. The highest BCUT2D eigenvalue weighted by atomic mass is 32.2. The summed E-state index contributed by atoms with van der Waals surface area (Å²) in [6, 6.07) is 21.4. The van der Waals surface area contributed by atoms with Crippen LogP contribution in [0.2, 0.25) is 0 Å². The molecule has 0 bridgehead atoms. The second-order valence-electron chi connectivity index (χ2n) is 8.46. The van der Waals surface area contributed by atoms with Gasteiger partial charge in [-0.2, -0.15) is 0 Å². The number of nitrogens with zero attached hydrogens (tertiary/aromatic N) is 3. The fourth-order valence-corrected chi connectivity index (χ4v) is 5.37. The molecule has 4 rings (SSSR count). The summed E-state index contributed by atoms with van der Waals surface area (Å²) < 4.78 is 30.1. The van der Waals surface area contributed by atoms with E-state index in [9.17, 15) is 13.2 Å². The summed E-state index contributed by atoms with van der Waals surface area (Å²) in [4.78, 5) is 17.3. The lowest BCUT2D eigenvalue weighted by Crippen LogP contribution is -2.40. The van der Waals surface area contributed by atoms with Crippen LogP contribution in [-0.2, 0) is 21.4 Å². The number of amides is 1. The van der Waals surface area contributed by atoms with E-state index in [-0.39, 0.29) is 18.0 Å². The van der Waals surface area contributed by atoms with Crippen LogP contribution in [0.5, 0.6) is 0 Å². The molecule has 1 amide bonds. The van der Waals surface area contributed by atoms with E-state index >= 15 is 0 Å². The summed E-state index contributed by atoms with van der Waals surface area (Å²) >= 11 is 0. The average molecular weight is 489 g/mol. The number of hydrogen-bond donors (Lipinski definition) is 1. The summed E-state index contributed by atoms with van der Waals surface area (Å²) in [5.74, 6) is 0.496. The second kappa shape index (κ2) is 10.1. The molecule has 3 aromatic carbocycles. The standard InChI is InChI=1S/C27H28N4O3S/c1-20-15-21(2)17-25(16-20)31(35(33,34)26-7-5-4-6-8-26)19-27(32)29-18-23-9-11-24(12-10-23)30-14-13-28-22(30)3/h4-17H,18-19H2,1-3H3,(H,29,32). The Balaban J connectivity index is 1.52. The van der Waals surface area contributed by atoms with Gasteiger partial charge in [0.2, 0.25) is 5.91 Å². The molecular weight excluding hydrogens is 460 g/mol. The Bertz CT molecular complexity index is 1410. The predicted octanol–water partition coefficient (Wildman–Crippen LogP) is 4.31. The molecule has 0 aliphatic rings. The molecule has 8 heteroatoms. The van der Waals surface area contributed by atoms with Crippen molar-refractivity contribution >= 4 is 21.6 Å². The van der Waals surface area contributed by atoms with Crippen molar-refractivity contribution in [2.45, 2.75) is 32.2 Å². The number of aromatic nitrogens is 2. The van der Waals surface area contributed by atoms with E-state index in [4.69, 9.17) is 0 Å². The number of nitrogens with one attached hydrogen (secondary N) is 1. The zero-order valence-corrected chi connectivity index (χ0v) is 20.8. The van der Waals surface area contributed by atoms with Crippen LogP contribution in [0.3, 0.4) is 0 Å². The van der Waals surface area contributed by atoms with Crippen molar-refractivity contribution < 1.29 is 13.2 Å². The molecule has 180 valence electrons. The van der Waals surface area contributed by atoms with Crippen molar-refractivity contribution in [1.29, 1.82) is 0 Å². The van der Waals surface area contributed by atoms with Crippen molar-refractivity contribution in [3.8, 4) is 5.69 Å². The molecule has 0 saturated heterocycles. The van der Waals surface area contributed by atoms with Gasteiger partial charge in [0.25, 0.3) is 10.0 Å². The van der Waals surface area contributed by atoms with Gasteiger partial charge in [-0.3, -0.25) is 9.10 Å². The maximum Gasteiger partial charge on any atom is 0.264 e. The van der Waals surface area contributed by atoms with E-state index in [0.29, 0.717) is 5.69 Å². The minimum absolute atomic E-state index is 0.136. The quantitative estimate of drug-likeness (QED) is 0.401. The Labute approximate surface area is 206 Å². The Morgan fingerprint density at radius 3 is 2.20 bits per heavy atom. The average Bonchev–Trinajstić information content (AvgIpc) is 3.27. The molecule has 0 unspecified atom stereocenters. The number of carbonyl (C=O) groups is 1. The van der Waals surface area contributed by atoms with Gasteiger partial charge >= 0.3 is 0 Å². The minimum Gasteiger partial charge on any atom is -0.350 e. The topological polar surface area (TPSA) is 84.3 Å². The van der Waals surface area contributed by atoms with Crippen molar-refractivity contribution in [2.24, 2.45) is 0 Å². The van der Waals surface area contributed by atoms with E-state index in [0.717, 1.165) is 28.2 Å². The van der Waals surface area contributed by atoms with E-state index in [1.165, 1.54) is 16.4 Å². The Morgan fingerprint density at radius 1 is 0.943 bits per heavy atom. The summed E-state index contributed by atoms with van der Waals surface area (Å²) in [5, 5.41) is 2.85. The monoisotopic (exact) mass is 488 g/mol. The molecule has 1 N–H and O–H groups in total. The third-order valence-corrected chi connectivity index (χ3v) is 7.43. The van der Waals surface area contributed by atoms with Crippen LogP contribution in [0.25, 0.3) is 5.69 Å². The van der Waals surface area contributed by atoms with Crippen LogP contribution < -0.4 is 9.62 Å². The molecule has 35 heavy (non-hydrogen) atoms. The lowest BCUT2D eigenvalue weighted by atomic mass is 10.1. The summed E-state index contributed by atoms with van der Waals surface area (Å²) in [7, 11) is -3.94. The number of benzene rings is 3. The van der Waals surface area contributed by atoms with Crippen LogP contribution in [0.15, 0.2) is 90.1 Å². The lowest BCUT2D eigenvalue weighted by molar-refractivity contribution is -0.119. The summed E-state index contributed by atoms with van der Waals surface area (Å²) in [6.45, 7) is 5.69.